The van der Waals surface area contributed by atoms with Gasteiger partial charge in [0.25, 0.3) is 0 Å². The summed E-state index contributed by atoms with van der Waals surface area (Å²) in [5.74, 6) is 0. The summed E-state index contributed by atoms with van der Waals surface area (Å²) in [4.78, 5) is 5.70. The molecule has 3 rings (SSSR count). The number of thiazole rings is 1. The predicted molar refractivity (Wildman–Crippen MR) is 76.0 cm³/mol. The van der Waals surface area contributed by atoms with E-state index < -0.39 is 0 Å². The van der Waals surface area contributed by atoms with Crippen molar-refractivity contribution in [1.29, 1.82) is 0 Å². The lowest BCUT2D eigenvalue weighted by molar-refractivity contribution is 0.470. The van der Waals surface area contributed by atoms with Gasteiger partial charge in [0, 0.05) is 17.0 Å². The zero-order valence-electron chi connectivity index (χ0n) is 10.8. The van der Waals surface area contributed by atoms with Crippen LogP contribution in [0.25, 0.3) is 0 Å². The minimum Gasteiger partial charge on any atom is -0.306 e. The number of benzene rings is 1. The fourth-order valence-corrected chi connectivity index (χ4v) is 3.65. The Morgan fingerprint density at radius 2 is 1.94 bits per heavy atom. The SMILES string of the molecule is Cc1ncsc1C(C)NC1Cc2ccccc2C1. The summed E-state index contributed by atoms with van der Waals surface area (Å²) in [5.41, 5.74) is 6.11. The molecular weight excluding hydrogens is 240 g/mol. The van der Waals surface area contributed by atoms with Gasteiger partial charge in [0.05, 0.1) is 11.2 Å². The summed E-state index contributed by atoms with van der Waals surface area (Å²) in [6, 6.07) is 9.74. The van der Waals surface area contributed by atoms with Crippen LogP contribution in [0.4, 0.5) is 0 Å². The maximum atomic E-state index is 4.33. The van der Waals surface area contributed by atoms with Crippen LogP contribution in [0, 0.1) is 6.92 Å². The van der Waals surface area contributed by atoms with Crippen molar-refractivity contribution in [2.24, 2.45) is 0 Å². The van der Waals surface area contributed by atoms with E-state index in [-0.39, 0.29) is 0 Å². The van der Waals surface area contributed by atoms with Gasteiger partial charge >= 0.3 is 0 Å². The van der Waals surface area contributed by atoms with E-state index in [4.69, 9.17) is 0 Å². The lowest BCUT2D eigenvalue weighted by atomic mass is 10.1. The number of aryl methyl sites for hydroxylation is 1. The molecule has 2 aromatic rings. The molecule has 0 saturated carbocycles. The number of nitrogens with zero attached hydrogens (tertiary/aromatic N) is 1. The first-order chi connectivity index (χ1) is 8.74. The highest BCUT2D eigenvalue weighted by molar-refractivity contribution is 7.09. The molecule has 1 aliphatic rings. The Morgan fingerprint density at radius 3 is 2.50 bits per heavy atom. The Balaban J connectivity index is 1.68. The van der Waals surface area contributed by atoms with E-state index in [1.54, 1.807) is 11.3 Å². The predicted octanol–water partition coefficient (Wildman–Crippen LogP) is 3.27. The molecule has 0 amide bonds. The number of fused-ring (bicyclic) bond motifs is 1. The molecule has 1 aromatic carbocycles. The van der Waals surface area contributed by atoms with Gasteiger partial charge in [-0.05, 0) is 37.8 Å². The van der Waals surface area contributed by atoms with E-state index >= 15 is 0 Å². The van der Waals surface area contributed by atoms with Crippen LogP contribution in [0.15, 0.2) is 29.8 Å². The van der Waals surface area contributed by atoms with Crippen molar-refractivity contribution in [3.63, 3.8) is 0 Å². The largest absolute Gasteiger partial charge is 0.306 e. The van der Waals surface area contributed by atoms with Crippen molar-refractivity contribution in [2.45, 2.75) is 38.8 Å². The van der Waals surface area contributed by atoms with Gasteiger partial charge < -0.3 is 5.32 Å². The third-order valence-electron chi connectivity index (χ3n) is 3.71. The van der Waals surface area contributed by atoms with E-state index in [0.29, 0.717) is 12.1 Å². The molecule has 0 bridgehead atoms. The number of hydrogen-bond acceptors (Lipinski definition) is 3. The molecule has 0 radical (unpaired) electrons. The van der Waals surface area contributed by atoms with Crippen LogP contribution in [0.2, 0.25) is 0 Å². The minimum atomic E-state index is 0.400. The molecule has 1 N–H and O–H groups in total. The fourth-order valence-electron chi connectivity index (χ4n) is 2.83. The van der Waals surface area contributed by atoms with E-state index in [2.05, 4.69) is 48.4 Å². The molecule has 3 heteroatoms. The Bertz CT molecular complexity index is 522. The summed E-state index contributed by atoms with van der Waals surface area (Å²) < 4.78 is 0. The highest BCUT2D eigenvalue weighted by atomic mass is 32.1. The zero-order valence-corrected chi connectivity index (χ0v) is 11.6. The summed E-state index contributed by atoms with van der Waals surface area (Å²) in [6.45, 7) is 4.33. The molecule has 0 fully saturated rings. The highest BCUT2D eigenvalue weighted by Crippen LogP contribution is 2.26. The number of aromatic nitrogens is 1. The zero-order chi connectivity index (χ0) is 12.5. The average molecular weight is 258 g/mol. The molecule has 1 unspecified atom stereocenters. The Labute approximate surface area is 112 Å². The smallest absolute Gasteiger partial charge is 0.0798 e. The summed E-state index contributed by atoms with van der Waals surface area (Å²) in [7, 11) is 0. The summed E-state index contributed by atoms with van der Waals surface area (Å²) in [6.07, 6.45) is 2.30. The fraction of sp³-hybridized carbons (Fsp3) is 0.400. The average Bonchev–Trinajstić information content (AvgIpc) is 2.94. The highest BCUT2D eigenvalue weighted by Gasteiger charge is 2.23. The van der Waals surface area contributed by atoms with Crippen molar-refractivity contribution in [3.05, 3.63) is 51.5 Å². The molecule has 0 spiro atoms. The van der Waals surface area contributed by atoms with Crippen LogP contribution in [-0.4, -0.2) is 11.0 Å². The second-order valence-electron chi connectivity index (χ2n) is 5.06. The second-order valence-corrected chi connectivity index (χ2v) is 5.95. The van der Waals surface area contributed by atoms with E-state index in [0.717, 1.165) is 18.5 Å². The summed E-state index contributed by atoms with van der Waals surface area (Å²) in [5, 5.41) is 3.74. The maximum Gasteiger partial charge on any atom is 0.0798 e. The first-order valence-electron chi connectivity index (χ1n) is 6.47. The van der Waals surface area contributed by atoms with Crippen LogP contribution < -0.4 is 5.32 Å². The Kier molecular flexibility index (Phi) is 3.18. The van der Waals surface area contributed by atoms with Gasteiger partial charge in [0.15, 0.2) is 0 Å². The van der Waals surface area contributed by atoms with E-state index in [1.807, 2.05) is 5.51 Å². The van der Waals surface area contributed by atoms with Crippen molar-refractivity contribution in [2.75, 3.05) is 0 Å². The van der Waals surface area contributed by atoms with Gasteiger partial charge in [-0.15, -0.1) is 11.3 Å². The van der Waals surface area contributed by atoms with Gasteiger partial charge in [0.1, 0.15) is 0 Å². The van der Waals surface area contributed by atoms with Gasteiger partial charge in [-0.3, -0.25) is 0 Å². The number of nitrogens with one attached hydrogen (secondary N) is 1. The molecule has 1 atom stereocenters. The monoisotopic (exact) mass is 258 g/mol. The van der Waals surface area contributed by atoms with Gasteiger partial charge in [-0.25, -0.2) is 4.98 Å². The van der Waals surface area contributed by atoms with E-state index in [9.17, 15) is 0 Å². The van der Waals surface area contributed by atoms with Crippen LogP contribution in [0.1, 0.15) is 34.7 Å². The van der Waals surface area contributed by atoms with Crippen LogP contribution >= 0.6 is 11.3 Å². The van der Waals surface area contributed by atoms with Gasteiger partial charge in [-0.1, -0.05) is 24.3 Å². The third-order valence-corrected chi connectivity index (χ3v) is 4.83. The molecule has 0 saturated heterocycles. The second kappa shape index (κ2) is 4.82. The molecular formula is C15H18N2S. The molecule has 1 aromatic heterocycles. The first-order valence-corrected chi connectivity index (χ1v) is 7.35. The molecule has 94 valence electrons. The molecule has 18 heavy (non-hydrogen) atoms. The quantitative estimate of drug-likeness (QED) is 0.914. The van der Waals surface area contributed by atoms with Crippen LogP contribution in [0.3, 0.4) is 0 Å². The summed E-state index contributed by atoms with van der Waals surface area (Å²) >= 11 is 1.75. The van der Waals surface area contributed by atoms with Gasteiger partial charge in [0.2, 0.25) is 0 Å². The van der Waals surface area contributed by atoms with Crippen molar-refractivity contribution in [1.82, 2.24) is 10.3 Å². The maximum absolute atomic E-state index is 4.33. The normalized spacial score (nSPS) is 16.8. The lowest BCUT2D eigenvalue weighted by Gasteiger charge is -2.18. The van der Waals surface area contributed by atoms with Crippen molar-refractivity contribution >= 4 is 11.3 Å². The number of rotatable bonds is 3. The van der Waals surface area contributed by atoms with Crippen LogP contribution in [-0.2, 0) is 12.8 Å². The molecule has 1 heterocycles. The standard InChI is InChI=1S/C15H18N2S/c1-10-15(18-9-16-10)11(2)17-14-7-12-5-3-4-6-13(12)8-14/h3-6,9,11,14,17H,7-8H2,1-2H3. The Morgan fingerprint density at radius 1 is 1.28 bits per heavy atom. The topological polar surface area (TPSA) is 24.9 Å². The van der Waals surface area contributed by atoms with E-state index in [1.165, 1.54) is 16.0 Å². The number of hydrogen-bond donors (Lipinski definition) is 1. The first kappa shape index (κ1) is 11.9. The molecule has 0 aliphatic heterocycles. The van der Waals surface area contributed by atoms with Gasteiger partial charge in [-0.2, -0.15) is 0 Å². The van der Waals surface area contributed by atoms with Crippen molar-refractivity contribution in [3.8, 4) is 0 Å². The molecule has 1 aliphatic carbocycles. The Hall–Kier alpha value is -1.19. The minimum absolute atomic E-state index is 0.400. The van der Waals surface area contributed by atoms with Crippen LogP contribution in [0.5, 0.6) is 0 Å². The molecule has 2 nitrogen and oxygen atoms in total. The third kappa shape index (κ3) is 2.20. The lowest BCUT2D eigenvalue weighted by Crippen LogP contribution is -2.31. The van der Waals surface area contributed by atoms with Crippen molar-refractivity contribution < 1.29 is 0 Å².